The first kappa shape index (κ1) is 35.2. The molecule has 12 heteroatoms. The summed E-state index contributed by atoms with van der Waals surface area (Å²) in [6, 6.07) is 5.02. The molecule has 5 atom stereocenters. The van der Waals surface area contributed by atoms with Crippen molar-refractivity contribution in [3.8, 4) is 0 Å². The van der Waals surface area contributed by atoms with E-state index in [2.05, 4.69) is 10.2 Å². The maximum Gasteiger partial charge on any atom is 0.416 e. The first-order valence-electron chi connectivity index (χ1n) is 14.5. The van der Waals surface area contributed by atoms with E-state index in [-0.39, 0.29) is 43.6 Å². The van der Waals surface area contributed by atoms with Crippen molar-refractivity contribution in [2.75, 3.05) is 13.2 Å². The van der Waals surface area contributed by atoms with Crippen LogP contribution in [0.25, 0.3) is 0 Å². The van der Waals surface area contributed by atoms with Crippen molar-refractivity contribution >= 4 is 5.91 Å². The normalized spacial score (nSPS) is 21.7. The molecule has 9 nitrogen and oxygen atoms in total. The van der Waals surface area contributed by atoms with E-state index in [1.807, 2.05) is 12.2 Å². The maximum absolute atomic E-state index is 12.9. The Morgan fingerprint density at radius 2 is 1.90 bits per heavy atom. The van der Waals surface area contributed by atoms with Crippen molar-refractivity contribution in [2.45, 2.75) is 95.1 Å². The van der Waals surface area contributed by atoms with Crippen LogP contribution in [0.5, 0.6) is 0 Å². The third kappa shape index (κ3) is 13.8. The van der Waals surface area contributed by atoms with Gasteiger partial charge in [-0.3, -0.25) is 4.79 Å². The number of hydrogen-bond donors (Lipinski definition) is 4. The van der Waals surface area contributed by atoms with Crippen molar-refractivity contribution in [2.24, 2.45) is 11.8 Å². The predicted octanol–water partition coefficient (Wildman–Crippen LogP) is 4.91. The summed E-state index contributed by atoms with van der Waals surface area (Å²) in [5, 5.41) is 43.3. The summed E-state index contributed by atoms with van der Waals surface area (Å²) >= 11 is 0. The average Bonchev–Trinajstić information content (AvgIpc) is 3.20. The van der Waals surface area contributed by atoms with Gasteiger partial charge < -0.3 is 25.5 Å². The van der Waals surface area contributed by atoms with Gasteiger partial charge in [-0.1, -0.05) is 55.3 Å². The second-order valence-corrected chi connectivity index (χ2v) is 10.7. The van der Waals surface area contributed by atoms with Gasteiger partial charge in [0.2, 0.25) is 5.91 Å². The zero-order valence-corrected chi connectivity index (χ0v) is 23.8. The van der Waals surface area contributed by atoms with E-state index in [1.54, 1.807) is 18.2 Å². The number of rotatable bonds is 19. The van der Waals surface area contributed by atoms with Crippen molar-refractivity contribution < 1.29 is 43.2 Å². The van der Waals surface area contributed by atoms with Gasteiger partial charge in [-0.25, -0.2) is 0 Å². The summed E-state index contributed by atoms with van der Waals surface area (Å²) in [5.41, 5.74) is -0.249. The first-order chi connectivity index (χ1) is 20.0. The fourth-order valence-corrected chi connectivity index (χ4v) is 5.06. The zero-order chi connectivity index (χ0) is 31.0. The molecule has 1 saturated carbocycles. The number of carbonyl (C=O) groups excluding carboxylic acids is 1. The third-order valence-electron chi connectivity index (χ3n) is 7.39. The van der Waals surface area contributed by atoms with Gasteiger partial charge in [-0.05, 0) is 62.5 Å². The monoisotopic (exact) mass is 600 g/mol. The van der Waals surface area contributed by atoms with E-state index in [9.17, 15) is 43.4 Å². The van der Waals surface area contributed by atoms with Crippen LogP contribution in [0.2, 0.25) is 0 Å². The Labute approximate surface area is 244 Å². The number of carbonyl (C=O) groups is 1. The van der Waals surface area contributed by atoms with Gasteiger partial charge in [0, 0.05) is 25.3 Å². The minimum atomic E-state index is -4.42. The van der Waals surface area contributed by atoms with Crippen molar-refractivity contribution in [3.63, 3.8) is 0 Å². The minimum absolute atomic E-state index is 0.0359. The lowest BCUT2D eigenvalue weighted by Crippen LogP contribution is -2.23. The number of aryl methyl sites for hydroxylation is 1. The molecule has 1 amide bonds. The molecule has 1 aliphatic rings. The van der Waals surface area contributed by atoms with Crippen LogP contribution >= 0.6 is 0 Å². The Balaban J connectivity index is 1.66. The Bertz CT molecular complexity index is 1020. The molecule has 2 rings (SSSR count). The summed E-state index contributed by atoms with van der Waals surface area (Å²) in [6.07, 6.45) is 6.33. The van der Waals surface area contributed by atoms with Gasteiger partial charge in [0.15, 0.2) is 0 Å². The van der Waals surface area contributed by atoms with Crippen LogP contribution in [0, 0.1) is 22.0 Å². The fraction of sp³-hybridized carbons (Fsp3) is 0.633. The number of hydrogen-bond acceptors (Lipinski definition) is 7. The number of allylic oxidation sites excluding steroid dienone is 2. The molecule has 0 aliphatic heterocycles. The molecule has 42 heavy (non-hydrogen) atoms. The van der Waals surface area contributed by atoms with Crippen LogP contribution in [0.4, 0.5) is 13.2 Å². The van der Waals surface area contributed by atoms with Gasteiger partial charge in [-0.2, -0.15) is 13.2 Å². The summed E-state index contributed by atoms with van der Waals surface area (Å²) in [7, 11) is 0. The topological polar surface area (TPSA) is 142 Å². The lowest BCUT2D eigenvalue weighted by molar-refractivity contribution is -0.757. The van der Waals surface area contributed by atoms with Gasteiger partial charge >= 0.3 is 6.18 Å². The molecule has 0 saturated heterocycles. The molecular formula is C30H43F3N2O7. The molecule has 236 valence electrons. The number of nitrogens with zero attached hydrogens (tertiary/aromatic N) is 1. The van der Waals surface area contributed by atoms with E-state index in [4.69, 9.17) is 0 Å². The number of aliphatic hydroxyl groups excluding tert-OH is 3. The van der Waals surface area contributed by atoms with E-state index in [1.165, 1.54) is 6.07 Å². The standard InChI is InChI=1S/C30H43F3N2O7/c31-30(32,33)23-11-9-10-22(20-23)14-15-24(36)16-17-26-25(27(37)21-28(26)38)12-5-1-2-6-13-29(39)34-18-7-3-4-8-19-42-35(40)41/h1,5,9-11,16-17,20,24-28,36-38H,2-4,6-8,12-15,18-19,21H2,(H,34,39)/b5-1-,17-16+/t24-,25+,26+,27-,28+/m0/s1. The highest BCUT2D eigenvalue weighted by Gasteiger charge is 2.39. The molecule has 1 aromatic rings. The highest BCUT2D eigenvalue weighted by molar-refractivity contribution is 5.75. The molecule has 1 aliphatic carbocycles. The third-order valence-corrected chi connectivity index (χ3v) is 7.39. The highest BCUT2D eigenvalue weighted by atomic mass is 19.4. The quantitative estimate of drug-likeness (QED) is 0.0765. The first-order valence-corrected chi connectivity index (χ1v) is 14.5. The SMILES string of the molecule is O=C(CCC/C=C\C[C@@H]1[C@@H](/C=C/[C@@H](O)CCc2cccc(C(F)(F)F)c2)[C@H](O)C[C@@H]1O)NCCCCCCO[N+](=O)[O-]. The maximum atomic E-state index is 12.9. The Kier molecular flexibility index (Phi) is 15.6. The zero-order valence-electron chi connectivity index (χ0n) is 23.8. The molecule has 0 aromatic heterocycles. The van der Waals surface area contributed by atoms with Crippen LogP contribution in [-0.4, -0.2) is 57.8 Å². The van der Waals surface area contributed by atoms with E-state index in [0.717, 1.165) is 31.4 Å². The molecule has 1 fully saturated rings. The molecule has 0 radical (unpaired) electrons. The van der Waals surface area contributed by atoms with Crippen LogP contribution in [0.15, 0.2) is 48.6 Å². The molecule has 0 spiro atoms. The van der Waals surface area contributed by atoms with Crippen LogP contribution in [0.3, 0.4) is 0 Å². The van der Waals surface area contributed by atoms with Crippen LogP contribution < -0.4 is 5.32 Å². The molecular weight excluding hydrogens is 557 g/mol. The number of amides is 1. The molecule has 4 N–H and O–H groups in total. The van der Waals surface area contributed by atoms with E-state index < -0.39 is 35.1 Å². The number of unbranched alkanes of at least 4 members (excludes halogenated alkanes) is 4. The van der Waals surface area contributed by atoms with Gasteiger partial charge in [0.1, 0.15) is 0 Å². The Hall–Kier alpha value is -2.96. The number of benzene rings is 1. The average molecular weight is 601 g/mol. The molecule has 0 bridgehead atoms. The predicted molar refractivity (Wildman–Crippen MR) is 151 cm³/mol. The van der Waals surface area contributed by atoms with Crippen molar-refractivity contribution in [3.05, 3.63) is 69.8 Å². The lowest BCUT2D eigenvalue weighted by atomic mass is 9.89. The second-order valence-electron chi connectivity index (χ2n) is 10.7. The smallest absolute Gasteiger partial charge is 0.393 e. The second kappa shape index (κ2) is 18.6. The summed E-state index contributed by atoms with van der Waals surface area (Å²) in [5.74, 6) is -0.636. The number of alkyl halides is 3. The fourth-order valence-electron chi connectivity index (χ4n) is 5.06. The summed E-state index contributed by atoms with van der Waals surface area (Å²) in [4.78, 5) is 26.3. The highest BCUT2D eigenvalue weighted by Crippen LogP contribution is 2.36. The summed E-state index contributed by atoms with van der Waals surface area (Å²) in [6.45, 7) is 0.643. The number of nitrogens with one attached hydrogen (secondary N) is 1. The molecule has 0 unspecified atom stereocenters. The molecule has 1 aromatic carbocycles. The number of halogens is 3. The van der Waals surface area contributed by atoms with Crippen LogP contribution in [0.1, 0.15) is 75.3 Å². The van der Waals surface area contributed by atoms with Crippen molar-refractivity contribution in [1.29, 1.82) is 0 Å². The Morgan fingerprint density at radius 3 is 2.64 bits per heavy atom. The van der Waals surface area contributed by atoms with Gasteiger partial charge in [0.25, 0.3) is 5.09 Å². The number of aliphatic hydroxyl groups is 3. The van der Waals surface area contributed by atoms with E-state index >= 15 is 0 Å². The van der Waals surface area contributed by atoms with Gasteiger partial charge in [-0.15, -0.1) is 10.1 Å². The van der Waals surface area contributed by atoms with Crippen LogP contribution in [-0.2, 0) is 22.2 Å². The lowest BCUT2D eigenvalue weighted by Gasteiger charge is -2.19. The van der Waals surface area contributed by atoms with Crippen molar-refractivity contribution in [1.82, 2.24) is 5.32 Å². The minimum Gasteiger partial charge on any atom is -0.393 e. The largest absolute Gasteiger partial charge is 0.416 e. The van der Waals surface area contributed by atoms with E-state index in [0.29, 0.717) is 44.2 Å². The summed E-state index contributed by atoms with van der Waals surface area (Å²) < 4.78 is 38.7. The molecule has 0 heterocycles. The van der Waals surface area contributed by atoms with Gasteiger partial charge in [0.05, 0.1) is 30.5 Å². The Morgan fingerprint density at radius 1 is 1.14 bits per heavy atom.